The van der Waals surface area contributed by atoms with Gasteiger partial charge in [0.2, 0.25) is 0 Å². The van der Waals surface area contributed by atoms with E-state index < -0.39 is 0 Å². The smallest absolute Gasteiger partial charge is 0.111 e. The molecular formula is C8H15NO3. The highest BCUT2D eigenvalue weighted by molar-refractivity contribution is 4.92. The lowest BCUT2D eigenvalue weighted by atomic mass is 10.2. The van der Waals surface area contributed by atoms with Crippen LogP contribution >= 0.6 is 0 Å². The van der Waals surface area contributed by atoms with Gasteiger partial charge in [0.1, 0.15) is 6.23 Å². The van der Waals surface area contributed by atoms with E-state index in [9.17, 15) is 0 Å². The highest BCUT2D eigenvalue weighted by atomic mass is 16.5. The van der Waals surface area contributed by atoms with Crippen molar-refractivity contribution in [3.63, 3.8) is 0 Å². The highest BCUT2D eigenvalue weighted by Crippen LogP contribution is 2.30. The fourth-order valence-electron chi connectivity index (χ4n) is 1.78. The molecule has 4 nitrogen and oxygen atoms in total. The fourth-order valence-corrected chi connectivity index (χ4v) is 1.78. The molecule has 0 radical (unpaired) electrons. The number of hydrogen-bond acceptors (Lipinski definition) is 4. The Kier molecular flexibility index (Phi) is 2.32. The lowest BCUT2D eigenvalue weighted by molar-refractivity contribution is -0.0352. The van der Waals surface area contributed by atoms with Crippen molar-refractivity contribution >= 4 is 0 Å². The van der Waals surface area contributed by atoms with E-state index in [-0.39, 0.29) is 25.5 Å². The Morgan fingerprint density at radius 3 is 2.58 bits per heavy atom. The molecule has 0 aromatic rings. The van der Waals surface area contributed by atoms with E-state index in [4.69, 9.17) is 14.9 Å². The molecule has 2 fully saturated rings. The normalized spacial score (nSPS) is 46.5. The summed E-state index contributed by atoms with van der Waals surface area (Å²) >= 11 is 0. The van der Waals surface area contributed by atoms with Gasteiger partial charge in [-0.25, -0.2) is 0 Å². The van der Waals surface area contributed by atoms with Gasteiger partial charge in [-0.15, -0.1) is 0 Å². The predicted molar refractivity (Wildman–Crippen MR) is 42.6 cm³/mol. The van der Waals surface area contributed by atoms with E-state index in [0.29, 0.717) is 6.04 Å². The summed E-state index contributed by atoms with van der Waals surface area (Å²) in [5.41, 5.74) is 0. The molecule has 0 spiro atoms. The molecule has 0 aliphatic carbocycles. The molecule has 0 bridgehead atoms. The Hall–Kier alpha value is -0.160. The van der Waals surface area contributed by atoms with Gasteiger partial charge in [-0.05, 0) is 12.8 Å². The van der Waals surface area contributed by atoms with Crippen LogP contribution in [0, 0.1) is 0 Å². The molecule has 2 aliphatic rings. The molecule has 2 aliphatic heterocycles. The first-order chi connectivity index (χ1) is 5.85. The van der Waals surface area contributed by atoms with Gasteiger partial charge in [0, 0.05) is 12.6 Å². The third kappa shape index (κ3) is 1.47. The van der Waals surface area contributed by atoms with Crippen LogP contribution in [-0.4, -0.2) is 53.2 Å². The van der Waals surface area contributed by atoms with Gasteiger partial charge in [0.25, 0.3) is 0 Å². The number of aliphatic hydroxyl groups is 2. The van der Waals surface area contributed by atoms with Crippen LogP contribution in [-0.2, 0) is 4.74 Å². The summed E-state index contributed by atoms with van der Waals surface area (Å²) < 4.78 is 5.53. The van der Waals surface area contributed by atoms with Crippen LogP contribution in [0.1, 0.15) is 12.8 Å². The minimum atomic E-state index is 0.0231. The van der Waals surface area contributed by atoms with E-state index in [1.807, 2.05) is 0 Å². The molecule has 0 saturated carbocycles. The standard InChI is InChI=1S/C8H15NO3/c10-4-6-3-9(6)8-2-1-7(5-11)12-8/h6-8,10-11H,1-5H2/t6-,7?,8?,9?/m1/s1. The van der Waals surface area contributed by atoms with Crippen LogP contribution in [0.3, 0.4) is 0 Å². The van der Waals surface area contributed by atoms with Gasteiger partial charge in [-0.2, -0.15) is 0 Å². The summed E-state index contributed by atoms with van der Waals surface area (Å²) in [5.74, 6) is 0. The van der Waals surface area contributed by atoms with E-state index in [2.05, 4.69) is 4.90 Å². The number of rotatable bonds is 3. The zero-order valence-electron chi connectivity index (χ0n) is 7.02. The van der Waals surface area contributed by atoms with Crippen molar-refractivity contribution in [2.45, 2.75) is 31.2 Å². The molecule has 0 aromatic carbocycles. The summed E-state index contributed by atoms with van der Waals surface area (Å²) in [6, 6.07) is 0.312. The molecule has 2 heterocycles. The van der Waals surface area contributed by atoms with Crippen LogP contribution in [0.4, 0.5) is 0 Å². The van der Waals surface area contributed by atoms with Crippen molar-refractivity contribution in [2.24, 2.45) is 0 Å². The summed E-state index contributed by atoms with van der Waals surface area (Å²) in [5, 5.41) is 17.6. The maximum Gasteiger partial charge on any atom is 0.111 e. The zero-order chi connectivity index (χ0) is 8.55. The Balaban J connectivity index is 1.77. The minimum absolute atomic E-state index is 0.0231. The van der Waals surface area contributed by atoms with Crippen molar-refractivity contribution in [1.82, 2.24) is 4.90 Å². The van der Waals surface area contributed by atoms with Crippen molar-refractivity contribution in [3.05, 3.63) is 0 Å². The lowest BCUT2D eigenvalue weighted by Gasteiger charge is -2.13. The second-order valence-electron chi connectivity index (χ2n) is 3.51. The third-order valence-electron chi connectivity index (χ3n) is 2.63. The van der Waals surface area contributed by atoms with Crippen LogP contribution in [0.5, 0.6) is 0 Å². The quantitative estimate of drug-likeness (QED) is 0.546. The molecule has 4 atom stereocenters. The third-order valence-corrected chi connectivity index (χ3v) is 2.63. The molecule has 0 amide bonds. The Morgan fingerprint density at radius 2 is 2.08 bits per heavy atom. The summed E-state index contributed by atoms with van der Waals surface area (Å²) in [6.45, 7) is 1.29. The van der Waals surface area contributed by atoms with E-state index >= 15 is 0 Å². The van der Waals surface area contributed by atoms with Crippen molar-refractivity contribution in [1.29, 1.82) is 0 Å². The maximum absolute atomic E-state index is 8.82. The largest absolute Gasteiger partial charge is 0.395 e. The molecule has 3 unspecified atom stereocenters. The van der Waals surface area contributed by atoms with Crippen LogP contribution in [0.15, 0.2) is 0 Å². The van der Waals surface area contributed by atoms with Gasteiger partial charge < -0.3 is 14.9 Å². The molecule has 4 heteroatoms. The topological polar surface area (TPSA) is 52.7 Å². The number of nitrogens with zero attached hydrogens (tertiary/aromatic N) is 1. The number of ether oxygens (including phenoxy) is 1. The van der Waals surface area contributed by atoms with E-state index in [1.165, 1.54) is 0 Å². The minimum Gasteiger partial charge on any atom is -0.395 e. The second kappa shape index (κ2) is 3.30. The monoisotopic (exact) mass is 173 g/mol. The molecule has 2 saturated heterocycles. The van der Waals surface area contributed by atoms with Crippen LogP contribution in [0.2, 0.25) is 0 Å². The first kappa shape index (κ1) is 8.44. The van der Waals surface area contributed by atoms with Gasteiger partial charge in [-0.3, -0.25) is 4.90 Å². The summed E-state index contributed by atoms with van der Waals surface area (Å²) in [6.07, 6.45) is 2.10. The Labute approximate surface area is 71.7 Å². The first-order valence-electron chi connectivity index (χ1n) is 4.48. The van der Waals surface area contributed by atoms with E-state index in [0.717, 1.165) is 19.4 Å². The lowest BCUT2D eigenvalue weighted by Crippen LogP contribution is -2.23. The fraction of sp³-hybridized carbons (Fsp3) is 1.00. The molecule has 70 valence electrons. The van der Waals surface area contributed by atoms with Gasteiger partial charge in [0.15, 0.2) is 0 Å². The Morgan fingerprint density at radius 1 is 1.25 bits per heavy atom. The molecule has 2 N–H and O–H groups in total. The van der Waals surface area contributed by atoms with Crippen LogP contribution in [0.25, 0.3) is 0 Å². The van der Waals surface area contributed by atoms with Crippen molar-refractivity contribution in [3.8, 4) is 0 Å². The predicted octanol–water partition coefficient (Wildman–Crippen LogP) is -0.840. The second-order valence-corrected chi connectivity index (χ2v) is 3.51. The summed E-state index contributed by atoms with van der Waals surface area (Å²) in [4.78, 5) is 2.13. The maximum atomic E-state index is 8.82. The highest BCUT2D eigenvalue weighted by Gasteiger charge is 2.42. The zero-order valence-corrected chi connectivity index (χ0v) is 7.02. The van der Waals surface area contributed by atoms with Crippen LogP contribution < -0.4 is 0 Å². The van der Waals surface area contributed by atoms with Crippen molar-refractivity contribution in [2.75, 3.05) is 19.8 Å². The van der Waals surface area contributed by atoms with Gasteiger partial charge in [0.05, 0.1) is 19.3 Å². The van der Waals surface area contributed by atoms with Gasteiger partial charge >= 0.3 is 0 Å². The molecule has 12 heavy (non-hydrogen) atoms. The average Bonchev–Trinajstić information content (AvgIpc) is 2.75. The number of hydrogen-bond donors (Lipinski definition) is 2. The first-order valence-corrected chi connectivity index (χ1v) is 4.48. The Bertz CT molecular complexity index is 164. The molecule has 0 aromatic heterocycles. The summed E-state index contributed by atoms with van der Waals surface area (Å²) in [7, 11) is 0. The molecule has 2 rings (SSSR count). The average molecular weight is 173 g/mol. The molecular weight excluding hydrogens is 158 g/mol. The van der Waals surface area contributed by atoms with E-state index in [1.54, 1.807) is 0 Å². The van der Waals surface area contributed by atoms with Crippen molar-refractivity contribution < 1.29 is 14.9 Å². The van der Waals surface area contributed by atoms with Gasteiger partial charge in [-0.1, -0.05) is 0 Å². The SMILES string of the molecule is OCC1CCC(N2C[C@@H]2CO)O1. The number of aliphatic hydroxyl groups excluding tert-OH is 2.